The zero-order chi connectivity index (χ0) is 23.4. The number of carbonyl (C=O) groups excluding carboxylic acids is 2. The third-order valence-electron chi connectivity index (χ3n) is 4.93. The Hall–Kier alpha value is -4.65. The highest BCUT2D eigenvalue weighted by atomic mass is 19.1. The summed E-state index contributed by atoms with van der Waals surface area (Å²) in [6.07, 6.45) is 1.24. The maximum Gasteiger partial charge on any atom is 0.270 e. The average molecular weight is 443 g/mol. The molecule has 0 fully saturated rings. The van der Waals surface area contributed by atoms with Crippen LogP contribution in [0.2, 0.25) is 0 Å². The number of hydrogen-bond acceptors (Lipinski definition) is 6. The molecule has 0 aliphatic rings. The number of nitriles is 1. The van der Waals surface area contributed by atoms with Crippen LogP contribution in [-0.4, -0.2) is 31.4 Å². The number of rotatable bonds is 6. The van der Waals surface area contributed by atoms with Gasteiger partial charge in [-0.2, -0.15) is 19.9 Å². The third-order valence-corrected chi connectivity index (χ3v) is 4.93. The van der Waals surface area contributed by atoms with Gasteiger partial charge < -0.3 is 10.6 Å². The van der Waals surface area contributed by atoms with Gasteiger partial charge in [-0.15, -0.1) is 0 Å². The summed E-state index contributed by atoms with van der Waals surface area (Å²) < 4.78 is 14.7. The molecule has 0 atom stereocenters. The lowest BCUT2D eigenvalue weighted by atomic mass is 10.1. The van der Waals surface area contributed by atoms with Crippen LogP contribution in [0.4, 0.5) is 4.39 Å². The van der Waals surface area contributed by atoms with Crippen LogP contribution < -0.4 is 10.6 Å². The molecule has 2 aromatic carbocycles. The van der Waals surface area contributed by atoms with Crippen molar-refractivity contribution in [3.8, 4) is 6.07 Å². The molecule has 0 aliphatic carbocycles. The molecule has 10 heteroatoms. The quantitative estimate of drug-likeness (QED) is 0.471. The summed E-state index contributed by atoms with van der Waals surface area (Å²) in [6.45, 7) is 2.03. The van der Waals surface area contributed by atoms with Gasteiger partial charge in [-0.05, 0) is 41.8 Å². The lowest BCUT2D eigenvalue weighted by molar-refractivity contribution is 0.0942. The Labute approximate surface area is 187 Å². The Balaban J connectivity index is 1.50. The average Bonchev–Trinajstić information content (AvgIpc) is 3.31. The number of nitrogens with one attached hydrogen (secondary N) is 2. The van der Waals surface area contributed by atoms with Crippen molar-refractivity contribution in [2.45, 2.75) is 20.0 Å². The van der Waals surface area contributed by atoms with E-state index in [4.69, 9.17) is 5.26 Å². The van der Waals surface area contributed by atoms with Crippen molar-refractivity contribution in [2.75, 3.05) is 0 Å². The van der Waals surface area contributed by atoms with Crippen molar-refractivity contribution in [3.63, 3.8) is 0 Å². The van der Waals surface area contributed by atoms with Gasteiger partial charge in [0.2, 0.25) is 0 Å². The molecular weight excluding hydrogens is 425 g/mol. The molecule has 0 bridgehead atoms. The smallest absolute Gasteiger partial charge is 0.270 e. The van der Waals surface area contributed by atoms with Crippen LogP contribution >= 0.6 is 0 Å². The molecule has 4 aromatic rings. The fraction of sp³-hybridized carbons (Fsp3) is 0.130. The van der Waals surface area contributed by atoms with Crippen molar-refractivity contribution in [3.05, 3.63) is 94.3 Å². The van der Waals surface area contributed by atoms with E-state index in [0.717, 1.165) is 11.1 Å². The van der Waals surface area contributed by atoms with Gasteiger partial charge >= 0.3 is 0 Å². The number of benzene rings is 2. The molecule has 164 valence electrons. The number of hydrogen-bond donors (Lipinski definition) is 2. The van der Waals surface area contributed by atoms with Gasteiger partial charge in [-0.25, -0.2) is 9.37 Å². The molecule has 4 rings (SSSR count). The summed E-state index contributed by atoms with van der Waals surface area (Å²) in [5, 5.41) is 18.4. The fourth-order valence-electron chi connectivity index (χ4n) is 3.15. The highest BCUT2D eigenvalue weighted by Crippen LogP contribution is 2.11. The second kappa shape index (κ2) is 9.23. The zero-order valence-corrected chi connectivity index (χ0v) is 17.5. The van der Waals surface area contributed by atoms with Gasteiger partial charge in [0.1, 0.15) is 23.5 Å². The molecule has 0 aliphatic heterocycles. The number of aromatic nitrogens is 4. The number of nitrogens with zero attached hydrogens (tertiary/aromatic N) is 5. The SMILES string of the molecule is Cc1cc(CNC(=O)c2cc(C(=O)NCc3ccc(C#N)cc3)n3ncnc3n2)ccc1F. The van der Waals surface area contributed by atoms with Crippen molar-refractivity contribution in [2.24, 2.45) is 0 Å². The predicted octanol–water partition coefficient (Wildman–Crippen LogP) is 2.30. The van der Waals surface area contributed by atoms with Crippen LogP contribution in [0.25, 0.3) is 5.78 Å². The molecule has 0 radical (unpaired) electrons. The summed E-state index contributed by atoms with van der Waals surface area (Å²) in [6, 6.07) is 14.7. The molecule has 2 N–H and O–H groups in total. The van der Waals surface area contributed by atoms with Crippen LogP contribution in [0.15, 0.2) is 54.9 Å². The second-order valence-electron chi connectivity index (χ2n) is 7.26. The molecule has 33 heavy (non-hydrogen) atoms. The first-order valence-corrected chi connectivity index (χ1v) is 9.96. The molecule has 0 saturated carbocycles. The highest BCUT2D eigenvalue weighted by Gasteiger charge is 2.18. The Morgan fingerprint density at radius 2 is 1.73 bits per heavy atom. The number of halogens is 1. The van der Waals surface area contributed by atoms with E-state index >= 15 is 0 Å². The van der Waals surface area contributed by atoms with Gasteiger partial charge in [0.25, 0.3) is 17.6 Å². The molecule has 0 saturated heterocycles. The maximum absolute atomic E-state index is 13.4. The standard InChI is InChI=1S/C23H18FN7O2/c1-14-8-17(6-7-18(14)24)12-26-21(32)19-9-20(31-23(30-19)28-13-29-31)22(33)27-11-16-4-2-15(10-25)3-5-16/h2-9,13H,11-12H2,1H3,(H,26,32)(H,27,33). The predicted molar refractivity (Wildman–Crippen MR) is 115 cm³/mol. The molecule has 2 aromatic heterocycles. The number of aryl methyl sites for hydroxylation is 1. The molecule has 0 unspecified atom stereocenters. The normalized spacial score (nSPS) is 10.6. The fourth-order valence-corrected chi connectivity index (χ4v) is 3.15. The Bertz CT molecular complexity index is 1390. The van der Waals surface area contributed by atoms with E-state index in [1.807, 2.05) is 6.07 Å². The van der Waals surface area contributed by atoms with E-state index in [0.29, 0.717) is 11.1 Å². The van der Waals surface area contributed by atoms with Crippen molar-refractivity contribution < 1.29 is 14.0 Å². The first-order valence-electron chi connectivity index (χ1n) is 9.96. The van der Waals surface area contributed by atoms with E-state index < -0.39 is 11.8 Å². The van der Waals surface area contributed by atoms with Crippen LogP contribution in [0.3, 0.4) is 0 Å². The van der Waals surface area contributed by atoms with Crippen LogP contribution in [0.1, 0.15) is 43.2 Å². The van der Waals surface area contributed by atoms with Gasteiger partial charge in [0, 0.05) is 19.2 Å². The van der Waals surface area contributed by atoms with E-state index in [9.17, 15) is 14.0 Å². The van der Waals surface area contributed by atoms with Gasteiger partial charge in [-0.1, -0.05) is 24.3 Å². The molecular formula is C23H18FN7O2. The monoisotopic (exact) mass is 443 g/mol. The summed E-state index contributed by atoms with van der Waals surface area (Å²) in [5.41, 5.74) is 2.62. The second-order valence-corrected chi connectivity index (χ2v) is 7.26. The summed E-state index contributed by atoms with van der Waals surface area (Å²) in [7, 11) is 0. The van der Waals surface area contributed by atoms with Crippen LogP contribution in [-0.2, 0) is 13.1 Å². The van der Waals surface area contributed by atoms with E-state index in [1.165, 1.54) is 23.0 Å². The Morgan fingerprint density at radius 1 is 1.03 bits per heavy atom. The summed E-state index contributed by atoms with van der Waals surface area (Å²) >= 11 is 0. The number of amides is 2. The molecule has 0 spiro atoms. The lowest BCUT2D eigenvalue weighted by Gasteiger charge is -2.10. The molecule has 9 nitrogen and oxygen atoms in total. The minimum absolute atomic E-state index is 0.00198. The van der Waals surface area contributed by atoms with Gasteiger partial charge in [0.15, 0.2) is 0 Å². The number of fused-ring (bicyclic) bond motifs is 1. The summed E-state index contributed by atoms with van der Waals surface area (Å²) in [5.74, 6) is -1.20. The van der Waals surface area contributed by atoms with E-state index in [-0.39, 0.29) is 36.1 Å². The van der Waals surface area contributed by atoms with Crippen molar-refractivity contribution in [1.29, 1.82) is 5.26 Å². The first kappa shape index (κ1) is 21.6. The van der Waals surface area contributed by atoms with Crippen molar-refractivity contribution in [1.82, 2.24) is 30.2 Å². The van der Waals surface area contributed by atoms with Crippen LogP contribution in [0.5, 0.6) is 0 Å². The van der Waals surface area contributed by atoms with E-state index in [2.05, 4.69) is 25.7 Å². The molecule has 2 amide bonds. The minimum Gasteiger partial charge on any atom is -0.347 e. The van der Waals surface area contributed by atoms with Crippen LogP contribution in [0, 0.1) is 24.1 Å². The molecule has 2 heterocycles. The van der Waals surface area contributed by atoms with Crippen molar-refractivity contribution >= 4 is 17.6 Å². The lowest BCUT2D eigenvalue weighted by Crippen LogP contribution is -2.28. The third kappa shape index (κ3) is 4.83. The zero-order valence-electron chi connectivity index (χ0n) is 17.5. The summed E-state index contributed by atoms with van der Waals surface area (Å²) in [4.78, 5) is 33.7. The van der Waals surface area contributed by atoms with E-state index in [1.54, 1.807) is 43.3 Å². The first-order chi connectivity index (χ1) is 15.9. The maximum atomic E-state index is 13.4. The number of carbonyl (C=O) groups is 2. The van der Waals surface area contributed by atoms with Gasteiger partial charge in [0.05, 0.1) is 11.6 Å². The Kier molecular flexibility index (Phi) is 6.04. The largest absolute Gasteiger partial charge is 0.347 e. The minimum atomic E-state index is -0.511. The Morgan fingerprint density at radius 3 is 2.45 bits per heavy atom. The highest BCUT2D eigenvalue weighted by molar-refractivity contribution is 5.98. The topological polar surface area (TPSA) is 125 Å². The van der Waals surface area contributed by atoms with Gasteiger partial charge in [-0.3, -0.25) is 9.59 Å².